The van der Waals surface area contributed by atoms with E-state index in [1.54, 1.807) is 6.07 Å². The first-order valence-electron chi connectivity index (χ1n) is 8.51. The van der Waals surface area contributed by atoms with Gasteiger partial charge in [0.05, 0.1) is 0 Å². The van der Waals surface area contributed by atoms with Crippen LogP contribution in [0.15, 0.2) is 46.7 Å². The van der Waals surface area contributed by atoms with Gasteiger partial charge in [-0.05, 0) is 37.1 Å². The van der Waals surface area contributed by atoms with Crippen molar-refractivity contribution < 1.29 is 13.2 Å². The number of rotatable bonds is 10. The van der Waals surface area contributed by atoms with Crippen LogP contribution in [0.25, 0.3) is 0 Å². The monoisotopic (exact) mass is 395 g/mol. The molecule has 0 fully saturated rings. The van der Waals surface area contributed by atoms with E-state index in [2.05, 4.69) is 5.32 Å². The predicted molar refractivity (Wildman–Crippen MR) is 104 cm³/mol. The fourth-order valence-corrected chi connectivity index (χ4v) is 5.44. The Morgan fingerprint density at radius 3 is 2.58 bits per heavy atom. The summed E-state index contributed by atoms with van der Waals surface area (Å²) >= 11 is 1.25. The number of carbonyl (C=O) groups is 1. The summed E-state index contributed by atoms with van der Waals surface area (Å²) < 4.78 is 27.9. The van der Waals surface area contributed by atoms with Crippen LogP contribution in [0.2, 0.25) is 0 Å². The molecule has 0 saturated carbocycles. The maximum atomic E-state index is 13.1. The van der Waals surface area contributed by atoms with Gasteiger partial charge in [0.15, 0.2) is 0 Å². The number of benzene rings is 1. The molecule has 3 N–H and O–H groups in total. The van der Waals surface area contributed by atoms with E-state index in [0.29, 0.717) is 43.2 Å². The number of hydrogen-bond acceptors (Lipinski definition) is 5. The van der Waals surface area contributed by atoms with Gasteiger partial charge in [0.25, 0.3) is 10.0 Å². The molecule has 2 rings (SSSR count). The van der Waals surface area contributed by atoms with E-state index in [0.717, 1.165) is 10.4 Å². The van der Waals surface area contributed by atoms with Crippen LogP contribution in [0.5, 0.6) is 0 Å². The van der Waals surface area contributed by atoms with E-state index in [1.807, 2.05) is 36.4 Å². The molecule has 2 aromatic rings. The minimum absolute atomic E-state index is 0.0924. The SMILES string of the molecule is CC(=O)NCCc1ccc(S(=O)(=O)N(CCCN)Cc2ccccc2)s1. The standard InChI is InChI=1S/C18H25N3O3S2/c1-15(22)20-12-10-17-8-9-18(25-17)26(23,24)21(13-5-11-19)14-16-6-3-2-4-7-16/h2-4,6-9H,5,10-14,19H2,1H3,(H,20,22). The first-order chi connectivity index (χ1) is 12.4. The predicted octanol–water partition coefficient (Wildman–Crippen LogP) is 1.97. The first kappa shape index (κ1) is 20.6. The number of thiophene rings is 1. The third-order valence-electron chi connectivity index (χ3n) is 3.79. The lowest BCUT2D eigenvalue weighted by Gasteiger charge is -2.21. The summed E-state index contributed by atoms with van der Waals surface area (Å²) in [6, 6.07) is 13.0. The number of hydrogen-bond donors (Lipinski definition) is 2. The molecule has 1 amide bonds. The molecule has 0 saturated heterocycles. The molecule has 26 heavy (non-hydrogen) atoms. The van der Waals surface area contributed by atoms with Crippen LogP contribution in [0, 0.1) is 0 Å². The second-order valence-corrected chi connectivity index (χ2v) is 9.25. The molecule has 0 spiro atoms. The summed E-state index contributed by atoms with van der Waals surface area (Å²) in [7, 11) is -3.58. The molecule has 142 valence electrons. The number of nitrogens with one attached hydrogen (secondary N) is 1. The lowest BCUT2D eigenvalue weighted by molar-refractivity contribution is -0.118. The Balaban J connectivity index is 2.14. The van der Waals surface area contributed by atoms with Gasteiger partial charge in [0.2, 0.25) is 5.91 Å². The molecule has 0 atom stereocenters. The summed E-state index contributed by atoms with van der Waals surface area (Å²) in [6.45, 7) is 3.10. The van der Waals surface area contributed by atoms with Gasteiger partial charge in [0, 0.05) is 31.4 Å². The molecule has 1 aromatic heterocycles. The van der Waals surface area contributed by atoms with E-state index in [4.69, 9.17) is 5.73 Å². The van der Waals surface area contributed by atoms with E-state index >= 15 is 0 Å². The minimum Gasteiger partial charge on any atom is -0.356 e. The Morgan fingerprint density at radius 1 is 1.19 bits per heavy atom. The highest BCUT2D eigenvalue weighted by Gasteiger charge is 2.26. The van der Waals surface area contributed by atoms with Gasteiger partial charge in [0.1, 0.15) is 4.21 Å². The number of nitrogens with two attached hydrogens (primary N) is 1. The normalized spacial score (nSPS) is 11.7. The van der Waals surface area contributed by atoms with Crippen molar-refractivity contribution >= 4 is 27.3 Å². The number of sulfonamides is 1. The minimum atomic E-state index is -3.58. The Hall–Kier alpha value is -1.74. The second kappa shape index (κ2) is 9.82. The quantitative estimate of drug-likeness (QED) is 0.643. The molecule has 0 unspecified atom stereocenters. The van der Waals surface area contributed by atoms with Gasteiger partial charge in [-0.15, -0.1) is 11.3 Å². The molecule has 6 nitrogen and oxygen atoms in total. The molecular formula is C18H25N3O3S2. The fourth-order valence-electron chi connectivity index (χ4n) is 2.46. The fraction of sp³-hybridized carbons (Fsp3) is 0.389. The zero-order chi connectivity index (χ0) is 19.0. The van der Waals surface area contributed by atoms with Crippen LogP contribution in [0.4, 0.5) is 0 Å². The highest BCUT2D eigenvalue weighted by molar-refractivity contribution is 7.91. The van der Waals surface area contributed by atoms with Gasteiger partial charge in [-0.1, -0.05) is 30.3 Å². The number of nitrogens with zero attached hydrogens (tertiary/aromatic N) is 1. The molecule has 0 aliphatic rings. The lowest BCUT2D eigenvalue weighted by atomic mass is 10.2. The zero-order valence-corrected chi connectivity index (χ0v) is 16.5. The lowest BCUT2D eigenvalue weighted by Crippen LogP contribution is -2.32. The molecule has 1 aromatic carbocycles. The van der Waals surface area contributed by atoms with Gasteiger partial charge in [-0.2, -0.15) is 4.31 Å². The van der Waals surface area contributed by atoms with Crippen molar-refractivity contribution in [2.75, 3.05) is 19.6 Å². The average molecular weight is 396 g/mol. The Labute approximate surface area is 159 Å². The van der Waals surface area contributed by atoms with Gasteiger partial charge in [-0.25, -0.2) is 8.42 Å². The van der Waals surface area contributed by atoms with Crippen molar-refractivity contribution in [3.63, 3.8) is 0 Å². The molecule has 0 bridgehead atoms. The summed E-state index contributed by atoms with van der Waals surface area (Å²) in [6.07, 6.45) is 1.22. The zero-order valence-electron chi connectivity index (χ0n) is 14.8. The largest absolute Gasteiger partial charge is 0.356 e. The van der Waals surface area contributed by atoms with Crippen molar-refractivity contribution in [1.29, 1.82) is 0 Å². The van der Waals surface area contributed by atoms with E-state index < -0.39 is 10.0 Å². The van der Waals surface area contributed by atoms with E-state index in [1.165, 1.54) is 22.6 Å². The van der Waals surface area contributed by atoms with E-state index in [9.17, 15) is 13.2 Å². The Kier molecular flexibility index (Phi) is 7.77. The number of amides is 1. The molecular weight excluding hydrogens is 370 g/mol. The van der Waals surface area contributed by atoms with E-state index in [-0.39, 0.29) is 5.91 Å². The molecule has 0 aliphatic carbocycles. The van der Waals surface area contributed by atoms with Crippen LogP contribution >= 0.6 is 11.3 Å². The number of carbonyl (C=O) groups excluding carboxylic acids is 1. The van der Waals surface area contributed by atoms with Crippen LogP contribution in [0.3, 0.4) is 0 Å². The van der Waals surface area contributed by atoms with Gasteiger partial charge < -0.3 is 11.1 Å². The van der Waals surface area contributed by atoms with Crippen LogP contribution < -0.4 is 11.1 Å². The van der Waals surface area contributed by atoms with Crippen molar-refractivity contribution in [3.05, 3.63) is 52.9 Å². The Morgan fingerprint density at radius 2 is 1.92 bits per heavy atom. The van der Waals surface area contributed by atoms with Crippen molar-refractivity contribution in [2.24, 2.45) is 5.73 Å². The average Bonchev–Trinajstić information content (AvgIpc) is 3.09. The van der Waals surface area contributed by atoms with Crippen LogP contribution in [0.1, 0.15) is 23.8 Å². The second-order valence-electron chi connectivity index (χ2n) is 5.92. The van der Waals surface area contributed by atoms with Crippen molar-refractivity contribution in [1.82, 2.24) is 9.62 Å². The highest BCUT2D eigenvalue weighted by atomic mass is 32.2. The van der Waals surface area contributed by atoms with Crippen LogP contribution in [-0.2, 0) is 27.8 Å². The summed E-state index contributed by atoms with van der Waals surface area (Å²) in [5.41, 5.74) is 6.52. The molecule has 8 heteroatoms. The highest BCUT2D eigenvalue weighted by Crippen LogP contribution is 2.26. The summed E-state index contributed by atoms with van der Waals surface area (Å²) in [5, 5.41) is 2.72. The van der Waals surface area contributed by atoms with Gasteiger partial charge >= 0.3 is 0 Å². The third-order valence-corrected chi connectivity index (χ3v) is 7.25. The molecule has 0 aliphatic heterocycles. The third kappa shape index (κ3) is 5.91. The maximum Gasteiger partial charge on any atom is 0.252 e. The summed E-state index contributed by atoms with van der Waals surface area (Å²) in [4.78, 5) is 11.9. The molecule has 1 heterocycles. The van der Waals surface area contributed by atoms with Crippen LogP contribution in [-0.4, -0.2) is 38.3 Å². The maximum absolute atomic E-state index is 13.1. The smallest absolute Gasteiger partial charge is 0.252 e. The van der Waals surface area contributed by atoms with Crippen molar-refractivity contribution in [2.45, 2.75) is 30.5 Å². The topological polar surface area (TPSA) is 92.5 Å². The van der Waals surface area contributed by atoms with Gasteiger partial charge in [-0.3, -0.25) is 4.79 Å². The summed E-state index contributed by atoms with van der Waals surface area (Å²) in [5.74, 6) is -0.0924. The van der Waals surface area contributed by atoms with Crippen molar-refractivity contribution in [3.8, 4) is 0 Å². The Bertz CT molecular complexity index is 804. The first-order valence-corrected chi connectivity index (χ1v) is 10.8. The molecule has 0 radical (unpaired) electrons.